The molecule has 0 unspecified atom stereocenters. The van der Waals surface area contributed by atoms with Crippen LogP contribution in [0.4, 0.5) is 0 Å². The third kappa shape index (κ3) is 11.9. The Kier molecular flexibility index (Phi) is 12.2. The molecule has 0 aromatic rings. The van der Waals surface area contributed by atoms with E-state index < -0.39 is 0 Å². The molecule has 0 aromatic carbocycles. The molecule has 0 radical (unpaired) electrons. The lowest BCUT2D eigenvalue weighted by atomic mass is 9.76. The first-order valence-corrected chi connectivity index (χ1v) is 11.8. The Morgan fingerprint density at radius 3 is 1.57 bits per heavy atom. The third-order valence-corrected chi connectivity index (χ3v) is 6.37. The molecule has 0 N–H and O–H groups in total. The first kappa shape index (κ1) is 28.9. The largest absolute Gasteiger partial charge is 0.469 e. The van der Waals surface area contributed by atoms with E-state index in [2.05, 4.69) is 47.6 Å². The van der Waals surface area contributed by atoms with Crippen LogP contribution in [0.3, 0.4) is 0 Å². The minimum absolute atomic E-state index is 0.0260. The Labute approximate surface area is 187 Å². The Balaban J connectivity index is 0.000000423. The molecule has 0 spiro atoms. The maximum atomic E-state index is 11.3. The van der Waals surface area contributed by atoms with E-state index in [-0.39, 0.29) is 22.4 Å². The van der Waals surface area contributed by atoms with Crippen molar-refractivity contribution in [3.05, 3.63) is 0 Å². The minimum Gasteiger partial charge on any atom is -0.469 e. The molecule has 4 nitrogen and oxygen atoms in total. The number of nitrogens with zero attached hydrogens (tertiary/aromatic N) is 1. The predicted octanol–water partition coefficient (Wildman–Crippen LogP) is 7.46. The molecule has 176 valence electrons. The molecule has 0 saturated heterocycles. The van der Waals surface area contributed by atoms with E-state index in [1.807, 2.05) is 6.92 Å². The highest BCUT2D eigenvalue weighted by Crippen LogP contribution is 2.36. The quantitative estimate of drug-likeness (QED) is 0.442. The van der Waals surface area contributed by atoms with Crippen molar-refractivity contribution >= 4 is 5.97 Å². The summed E-state index contributed by atoms with van der Waals surface area (Å²) < 4.78 is 10.1. The van der Waals surface area contributed by atoms with Crippen LogP contribution in [0.5, 0.6) is 0 Å². The molecule has 0 aliphatic heterocycles. The van der Waals surface area contributed by atoms with E-state index in [9.17, 15) is 4.79 Å². The fourth-order valence-electron chi connectivity index (χ4n) is 4.58. The lowest BCUT2D eigenvalue weighted by Crippen LogP contribution is -2.31. The molecule has 2 rings (SSSR count). The van der Waals surface area contributed by atoms with Gasteiger partial charge in [-0.2, -0.15) is 5.26 Å². The highest BCUT2D eigenvalue weighted by atomic mass is 16.5. The maximum absolute atomic E-state index is 11.3. The van der Waals surface area contributed by atoms with Gasteiger partial charge in [-0.3, -0.25) is 4.79 Å². The van der Waals surface area contributed by atoms with Crippen molar-refractivity contribution < 1.29 is 14.3 Å². The number of carbonyl (C=O) groups excluding carboxylic acids is 1. The Bertz CT molecular complexity index is 527. The van der Waals surface area contributed by atoms with Crippen molar-refractivity contribution in [1.82, 2.24) is 0 Å². The van der Waals surface area contributed by atoms with Gasteiger partial charge in [-0.05, 0) is 65.2 Å². The number of nitriles is 1. The van der Waals surface area contributed by atoms with Gasteiger partial charge in [0.25, 0.3) is 0 Å². The number of hydrogen-bond acceptors (Lipinski definition) is 4. The molecule has 0 amide bonds. The van der Waals surface area contributed by atoms with Crippen LogP contribution >= 0.6 is 0 Å². The number of hydrogen-bond donors (Lipinski definition) is 0. The molecule has 30 heavy (non-hydrogen) atoms. The van der Waals surface area contributed by atoms with Crippen molar-refractivity contribution in [2.24, 2.45) is 16.2 Å². The van der Waals surface area contributed by atoms with E-state index in [0.717, 1.165) is 32.1 Å². The molecule has 0 aromatic heterocycles. The number of ether oxygens (including phenoxy) is 2. The van der Waals surface area contributed by atoms with Crippen molar-refractivity contribution in [2.45, 2.75) is 125 Å². The minimum atomic E-state index is -0.174. The summed E-state index contributed by atoms with van der Waals surface area (Å²) in [6.45, 7) is 15.0. The normalized spacial score (nSPS) is 20.4. The van der Waals surface area contributed by atoms with Crippen LogP contribution in [-0.2, 0) is 14.3 Å². The second-order valence-corrected chi connectivity index (χ2v) is 11.5. The second-order valence-electron chi connectivity index (χ2n) is 11.5. The van der Waals surface area contributed by atoms with Crippen LogP contribution in [0.25, 0.3) is 0 Å². The van der Waals surface area contributed by atoms with Gasteiger partial charge in [0, 0.05) is 7.11 Å². The molecular formula is C26H49NO3. The first-order chi connectivity index (χ1) is 13.7. The van der Waals surface area contributed by atoms with Crippen LogP contribution in [0.2, 0.25) is 0 Å². The maximum Gasteiger partial charge on any atom is 0.311 e. The number of methoxy groups -OCH3 is 2. The molecule has 0 bridgehead atoms. The van der Waals surface area contributed by atoms with Gasteiger partial charge < -0.3 is 9.47 Å². The van der Waals surface area contributed by atoms with E-state index in [4.69, 9.17) is 14.7 Å². The summed E-state index contributed by atoms with van der Waals surface area (Å²) in [6, 6.07) is 2.38. The van der Waals surface area contributed by atoms with Gasteiger partial charge >= 0.3 is 5.97 Å². The fourth-order valence-corrected chi connectivity index (χ4v) is 4.58. The zero-order chi connectivity index (χ0) is 23.5. The van der Waals surface area contributed by atoms with Gasteiger partial charge in [0.1, 0.15) is 0 Å². The molecule has 2 saturated carbocycles. The number of esters is 1. The van der Waals surface area contributed by atoms with Gasteiger partial charge in [0.2, 0.25) is 0 Å². The molecule has 2 aliphatic rings. The zero-order valence-electron chi connectivity index (χ0n) is 21.5. The average molecular weight is 424 g/mol. The van der Waals surface area contributed by atoms with Crippen LogP contribution in [-0.4, -0.2) is 25.8 Å². The highest BCUT2D eigenvalue weighted by molar-refractivity contribution is 5.76. The van der Waals surface area contributed by atoms with Crippen molar-refractivity contribution in [3.8, 4) is 6.07 Å². The smallest absolute Gasteiger partial charge is 0.311 e. The fraction of sp³-hybridized carbons (Fsp3) is 0.923. The Morgan fingerprint density at radius 1 is 0.867 bits per heavy atom. The lowest BCUT2D eigenvalue weighted by Gasteiger charge is -2.30. The Hall–Kier alpha value is -1.08. The Morgan fingerprint density at radius 2 is 1.30 bits per heavy atom. The average Bonchev–Trinajstić information content (AvgIpc) is 2.68. The highest BCUT2D eigenvalue weighted by Gasteiger charge is 2.35. The third-order valence-electron chi connectivity index (χ3n) is 6.37. The van der Waals surface area contributed by atoms with Crippen LogP contribution < -0.4 is 0 Å². The SMILES string of the molecule is CC1(C#N)CCCCC1.COC(=O)C1(C)CCCCC1.COC(C)(C)CC(C)(C)C. The van der Waals surface area contributed by atoms with Crippen LogP contribution in [0.15, 0.2) is 0 Å². The number of rotatable bonds is 3. The van der Waals surface area contributed by atoms with E-state index in [0.29, 0.717) is 5.41 Å². The summed E-state index contributed by atoms with van der Waals surface area (Å²) in [5.74, 6) is -0.0304. The molecule has 0 atom stereocenters. The summed E-state index contributed by atoms with van der Waals surface area (Å²) >= 11 is 0. The molecule has 0 heterocycles. The van der Waals surface area contributed by atoms with Crippen molar-refractivity contribution in [2.75, 3.05) is 14.2 Å². The van der Waals surface area contributed by atoms with Crippen molar-refractivity contribution in [1.29, 1.82) is 5.26 Å². The second kappa shape index (κ2) is 12.7. The summed E-state index contributed by atoms with van der Waals surface area (Å²) in [5.41, 5.74) is 0.239. The standard InChI is InChI=1S/C9H16O2.C9H20O.C8H13N/c1-9(8(10)11-2)6-4-3-5-7-9;1-8(2,3)7-9(4,5)10-6;1-8(7-9)5-3-2-4-6-8/h3-7H2,1-2H3;7H2,1-6H3;2-6H2,1H3. The summed E-state index contributed by atoms with van der Waals surface area (Å²) in [6.07, 6.45) is 12.8. The van der Waals surface area contributed by atoms with Gasteiger partial charge in [0.15, 0.2) is 0 Å². The van der Waals surface area contributed by atoms with Gasteiger partial charge in [-0.1, -0.05) is 59.3 Å². The van der Waals surface area contributed by atoms with Crippen LogP contribution in [0, 0.1) is 27.6 Å². The lowest BCUT2D eigenvalue weighted by molar-refractivity contribution is -0.153. The predicted molar refractivity (Wildman–Crippen MR) is 125 cm³/mol. The summed E-state index contributed by atoms with van der Waals surface area (Å²) in [5, 5.41) is 8.70. The monoisotopic (exact) mass is 423 g/mol. The molecule has 2 aliphatic carbocycles. The van der Waals surface area contributed by atoms with E-state index >= 15 is 0 Å². The topological polar surface area (TPSA) is 59.3 Å². The number of carbonyl (C=O) groups is 1. The molecular weight excluding hydrogens is 374 g/mol. The molecule has 2 fully saturated rings. The molecule has 4 heteroatoms. The summed E-state index contributed by atoms with van der Waals surface area (Å²) in [4.78, 5) is 11.3. The van der Waals surface area contributed by atoms with Gasteiger partial charge in [0.05, 0.1) is 29.6 Å². The van der Waals surface area contributed by atoms with Crippen molar-refractivity contribution in [3.63, 3.8) is 0 Å². The summed E-state index contributed by atoms with van der Waals surface area (Å²) in [7, 11) is 3.24. The van der Waals surface area contributed by atoms with E-state index in [1.54, 1.807) is 7.11 Å². The van der Waals surface area contributed by atoms with E-state index in [1.165, 1.54) is 45.6 Å². The van der Waals surface area contributed by atoms with Crippen LogP contribution in [0.1, 0.15) is 119 Å². The van der Waals surface area contributed by atoms with Gasteiger partial charge in [-0.25, -0.2) is 0 Å². The first-order valence-electron chi connectivity index (χ1n) is 11.8. The zero-order valence-corrected chi connectivity index (χ0v) is 21.5. The van der Waals surface area contributed by atoms with Gasteiger partial charge in [-0.15, -0.1) is 0 Å².